The highest BCUT2D eigenvalue weighted by Crippen LogP contribution is 2.27. The second-order valence-electron chi connectivity index (χ2n) is 5.84. The van der Waals surface area contributed by atoms with Crippen LogP contribution in [-0.2, 0) is 17.8 Å². The van der Waals surface area contributed by atoms with Crippen LogP contribution < -0.4 is 5.32 Å². The Morgan fingerprint density at radius 3 is 3.00 bits per heavy atom. The summed E-state index contributed by atoms with van der Waals surface area (Å²) in [4.78, 5) is 0. The van der Waals surface area contributed by atoms with E-state index in [0.29, 0.717) is 12.5 Å². The molecule has 5 nitrogen and oxygen atoms in total. The molecule has 0 unspecified atom stereocenters. The Kier molecular flexibility index (Phi) is 5.79. The molecule has 1 aliphatic carbocycles. The summed E-state index contributed by atoms with van der Waals surface area (Å²) in [6.07, 6.45) is 5.89. The van der Waals surface area contributed by atoms with Gasteiger partial charge in [0, 0.05) is 19.3 Å². The van der Waals surface area contributed by atoms with E-state index in [9.17, 15) is 0 Å². The Morgan fingerprint density at radius 2 is 2.26 bits per heavy atom. The third kappa shape index (κ3) is 6.16. The number of rotatable bonds is 10. The molecule has 0 saturated heterocycles. The highest BCUT2D eigenvalue weighted by atomic mass is 16.5. The molecule has 1 aromatic heterocycles. The maximum atomic E-state index is 5.57. The second-order valence-corrected chi connectivity index (χ2v) is 5.84. The van der Waals surface area contributed by atoms with Gasteiger partial charge < -0.3 is 10.1 Å². The molecule has 19 heavy (non-hydrogen) atoms. The minimum atomic E-state index is 0.704. The van der Waals surface area contributed by atoms with Crippen LogP contribution in [0.1, 0.15) is 38.8 Å². The zero-order valence-corrected chi connectivity index (χ0v) is 12.1. The Hall–Kier alpha value is -0.940. The normalized spacial score (nSPS) is 15.3. The van der Waals surface area contributed by atoms with Crippen LogP contribution in [0.25, 0.3) is 0 Å². The molecule has 1 aromatic rings. The van der Waals surface area contributed by atoms with Crippen LogP contribution in [0.5, 0.6) is 0 Å². The van der Waals surface area contributed by atoms with Crippen LogP contribution in [-0.4, -0.2) is 34.8 Å². The Labute approximate surface area is 115 Å². The van der Waals surface area contributed by atoms with Gasteiger partial charge in [-0.2, -0.15) is 0 Å². The Balaban J connectivity index is 1.54. The number of hydrogen-bond acceptors (Lipinski definition) is 4. The fraction of sp³-hybridized carbons (Fsp3) is 0.857. The van der Waals surface area contributed by atoms with Gasteiger partial charge in [0.2, 0.25) is 0 Å². The van der Waals surface area contributed by atoms with Gasteiger partial charge in [0.05, 0.1) is 18.8 Å². The van der Waals surface area contributed by atoms with Crippen LogP contribution in [0, 0.1) is 11.8 Å². The quantitative estimate of drug-likeness (QED) is 0.657. The van der Waals surface area contributed by atoms with E-state index in [4.69, 9.17) is 4.74 Å². The SMILES string of the molecule is CC(C)CCOCCn1cc(CNCC2CC2)nn1. The van der Waals surface area contributed by atoms with Crippen LogP contribution in [0.2, 0.25) is 0 Å². The van der Waals surface area contributed by atoms with Gasteiger partial charge in [-0.1, -0.05) is 19.1 Å². The molecule has 1 heterocycles. The van der Waals surface area contributed by atoms with Crippen molar-refractivity contribution < 1.29 is 4.74 Å². The molecule has 1 N–H and O–H groups in total. The van der Waals surface area contributed by atoms with E-state index in [1.165, 1.54) is 12.8 Å². The lowest BCUT2D eigenvalue weighted by atomic mass is 10.1. The molecule has 0 radical (unpaired) electrons. The minimum absolute atomic E-state index is 0.704. The lowest BCUT2D eigenvalue weighted by Crippen LogP contribution is -2.16. The van der Waals surface area contributed by atoms with Crippen molar-refractivity contribution in [2.75, 3.05) is 19.8 Å². The van der Waals surface area contributed by atoms with Crippen LogP contribution >= 0.6 is 0 Å². The van der Waals surface area contributed by atoms with Gasteiger partial charge in [-0.3, -0.25) is 0 Å². The summed E-state index contributed by atoms with van der Waals surface area (Å²) < 4.78 is 7.44. The zero-order valence-electron chi connectivity index (χ0n) is 12.1. The second kappa shape index (κ2) is 7.60. The maximum absolute atomic E-state index is 5.57. The van der Waals surface area contributed by atoms with Gasteiger partial charge in [0.15, 0.2) is 0 Å². The largest absolute Gasteiger partial charge is 0.380 e. The summed E-state index contributed by atoms with van der Waals surface area (Å²) in [5.74, 6) is 1.61. The van der Waals surface area contributed by atoms with E-state index in [-0.39, 0.29) is 0 Å². The molecule has 0 aliphatic heterocycles. The van der Waals surface area contributed by atoms with Crippen molar-refractivity contribution >= 4 is 0 Å². The predicted molar refractivity (Wildman–Crippen MR) is 74.7 cm³/mol. The monoisotopic (exact) mass is 266 g/mol. The first-order valence-corrected chi connectivity index (χ1v) is 7.41. The number of hydrogen-bond donors (Lipinski definition) is 1. The van der Waals surface area contributed by atoms with E-state index in [1.807, 2.05) is 10.9 Å². The molecule has 2 rings (SSSR count). The van der Waals surface area contributed by atoms with E-state index in [0.717, 1.165) is 44.3 Å². The van der Waals surface area contributed by atoms with Crippen molar-refractivity contribution in [2.45, 2.75) is 46.2 Å². The highest BCUT2D eigenvalue weighted by molar-refractivity contribution is 4.92. The molecule has 1 saturated carbocycles. The molecule has 1 aliphatic rings. The van der Waals surface area contributed by atoms with Gasteiger partial charge in [-0.15, -0.1) is 5.10 Å². The number of aromatic nitrogens is 3. The predicted octanol–water partition coefficient (Wildman–Crippen LogP) is 1.84. The first kappa shape index (κ1) is 14.5. The third-order valence-electron chi connectivity index (χ3n) is 3.33. The molecule has 108 valence electrons. The molecule has 1 fully saturated rings. The fourth-order valence-electron chi connectivity index (χ4n) is 1.83. The average Bonchev–Trinajstić information content (AvgIpc) is 3.08. The third-order valence-corrected chi connectivity index (χ3v) is 3.33. The van der Waals surface area contributed by atoms with Gasteiger partial charge in [-0.25, -0.2) is 4.68 Å². The van der Waals surface area contributed by atoms with Crippen LogP contribution in [0.15, 0.2) is 6.20 Å². The van der Waals surface area contributed by atoms with Crippen molar-refractivity contribution in [1.29, 1.82) is 0 Å². The summed E-state index contributed by atoms with van der Waals surface area (Å²) in [5.41, 5.74) is 1.02. The van der Waals surface area contributed by atoms with E-state index < -0.39 is 0 Å². The van der Waals surface area contributed by atoms with E-state index in [2.05, 4.69) is 29.5 Å². The van der Waals surface area contributed by atoms with Crippen molar-refractivity contribution in [2.24, 2.45) is 11.8 Å². The number of ether oxygens (including phenoxy) is 1. The summed E-state index contributed by atoms with van der Waals surface area (Å²) in [5, 5.41) is 11.7. The first-order valence-electron chi connectivity index (χ1n) is 7.41. The van der Waals surface area contributed by atoms with E-state index >= 15 is 0 Å². The molecule has 0 bridgehead atoms. The van der Waals surface area contributed by atoms with Crippen LogP contribution in [0.3, 0.4) is 0 Å². The molecule has 0 aromatic carbocycles. The summed E-state index contributed by atoms with van der Waals surface area (Å²) in [6.45, 7) is 8.69. The average molecular weight is 266 g/mol. The Bertz CT molecular complexity index is 360. The molecular formula is C14H26N4O. The van der Waals surface area contributed by atoms with E-state index in [1.54, 1.807) is 0 Å². The lowest BCUT2D eigenvalue weighted by Gasteiger charge is -2.05. The number of nitrogens with one attached hydrogen (secondary N) is 1. The summed E-state index contributed by atoms with van der Waals surface area (Å²) >= 11 is 0. The first-order chi connectivity index (χ1) is 9.24. The smallest absolute Gasteiger partial charge is 0.0964 e. The fourth-order valence-corrected chi connectivity index (χ4v) is 1.83. The zero-order chi connectivity index (χ0) is 13.5. The molecule has 0 atom stereocenters. The molecule has 0 spiro atoms. The van der Waals surface area contributed by atoms with Gasteiger partial charge in [0.1, 0.15) is 0 Å². The van der Waals surface area contributed by atoms with Gasteiger partial charge in [0.25, 0.3) is 0 Å². The standard InChI is InChI=1S/C14H26N4O/c1-12(2)5-7-19-8-6-18-11-14(16-17-18)10-15-9-13-3-4-13/h11-13,15H,3-10H2,1-2H3. The summed E-state index contributed by atoms with van der Waals surface area (Å²) in [6, 6.07) is 0. The van der Waals surface area contributed by atoms with Crippen molar-refractivity contribution in [3.63, 3.8) is 0 Å². The minimum Gasteiger partial charge on any atom is -0.380 e. The van der Waals surface area contributed by atoms with Crippen LogP contribution in [0.4, 0.5) is 0 Å². The summed E-state index contributed by atoms with van der Waals surface area (Å²) in [7, 11) is 0. The van der Waals surface area contributed by atoms with Crippen molar-refractivity contribution in [3.05, 3.63) is 11.9 Å². The topological polar surface area (TPSA) is 52.0 Å². The van der Waals surface area contributed by atoms with Gasteiger partial charge in [-0.05, 0) is 37.6 Å². The molecular weight excluding hydrogens is 240 g/mol. The van der Waals surface area contributed by atoms with Crippen molar-refractivity contribution in [3.8, 4) is 0 Å². The van der Waals surface area contributed by atoms with Crippen molar-refractivity contribution in [1.82, 2.24) is 20.3 Å². The number of nitrogens with zero attached hydrogens (tertiary/aromatic N) is 3. The lowest BCUT2D eigenvalue weighted by molar-refractivity contribution is 0.113. The Morgan fingerprint density at radius 1 is 1.42 bits per heavy atom. The maximum Gasteiger partial charge on any atom is 0.0964 e. The highest BCUT2D eigenvalue weighted by Gasteiger charge is 2.20. The molecule has 5 heteroatoms. The van der Waals surface area contributed by atoms with Gasteiger partial charge >= 0.3 is 0 Å². The molecule has 0 amide bonds.